The molecule has 1 fully saturated rings. The zero-order valence-corrected chi connectivity index (χ0v) is 9.62. The highest BCUT2D eigenvalue weighted by molar-refractivity contribution is 5.93. The summed E-state index contributed by atoms with van der Waals surface area (Å²) < 4.78 is 0. The van der Waals surface area contributed by atoms with Crippen LogP contribution in [0.2, 0.25) is 0 Å². The van der Waals surface area contributed by atoms with Crippen LogP contribution in [0.1, 0.15) is 35.3 Å². The fourth-order valence-electron chi connectivity index (χ4n) is 1.87. The highest BCUT2D eigenvalue weighted by atomic mass is 16.2. The second kappa shape index (κ2) is 4.12. The summed E-state index contributed by atoms with van der Waals surface area (Å²) in [4.78, 5) is 28.3. The van der Waals surface area contributed by atoms with Crippen LogP contribution in [0.15, 0.2) is 17.1 Å². The average molecular weight is 220 g/mol. The largest absolute Gasteiger partial charge is 0.364 e. The lowest BCUT2D eigenvalue weighted by molar-refractivity contribution is 0.0650. The van der Waals surface area contributed by atoms with Crippen molar-refractivity contribution in [3.63, 3.8) is 0 Å². The topological polar surface area (TPSA) is 53.2 Å². The Bertz CT molecular complexity index is 460. The standard InChI is InChI=1S/C12H16N2O2/c1-8-6-11(15)10(7-13-8)12(16)14(2)9-4-3-5-9/h6-7,9H,3-5H2,1-2H3,(H,13,15). The summed E-state index contributed by atoms with van der Waals surface area (Å²) in [6, 6.07) is 1.77. The minimum absolute atomic E-state index is 0.175. The molecule has 1 aromatic heterocycles. The van der Waals surface area contributed by atoms with Gasteiger partial charge in [0.1, 0.15) is 5.56 Å². The van der Waals surface area contributed by atoms with E-state index in [2.05, 4.69) is 4.98 Å². The third-order valence-electron chi connectivity index (χ3n) is 3.23. The fourth-order valence-corrected chi connectivity index (χ4v) is 1.87. The lowest BCUT2D eigenvalue weighted by Gasteiger charge is -2.34. The van der Waals surface area contributed by atoms with Crippen molar-refractivity contribution in [3.8, 4) is 0 Å². The molecule has 2 rings (SSSR count). The van der Waals surface area contributed by atoms with E-state index in [1.165, 1.54) is 18.7 Å². The summed E-state index contributed by atoms with van der Waals surface area (Å²) in [6.45, 7) is 1.80. The number of aromatic amines is 1. The molecule has 1 aliphatic carbocycles. The van der Waals surface area contributed by atoms with Crippen LogP contribution >= 0.6 is 0 Å². The van der Waals surface area contributed by atoms with Crippen LogP contribution in [0.25, 0.3) is 0 Å². The fraction of sp³-hybridized carbons (Fsp3) is 0.500. The van der Waals surface area contributed by atoms with E-state index < -0.39 is 0 Å². The van der Waals surface area contributed by atoms with Gasteiger partial charge in [0.15, 0.2) is 5.43 Å². The molecule has 1 heterocycles. The molecule has 0 bridgehead atoms. The van der Waals surface area contributed by atoms with Gasteiger partial charge >= 0.3 is 0 Å². The first-order valence-electron chi connectivity index (χ1n) is 5.56. The van der Waals surface area contributed by atoms with Crippen molar-refractivity contribution in [3.05, 3.63) is 33.7 Å². The molecule has 1 amide bonds. The van der Waals surface area contributed by atoms with Crippen molar-refractivity contribution in [1.29, 1.82) is 0 Å². The van der Waals surface area contributed by atoms with Crippen LogP contribution in [0.5, 0.6) is 0 Å². The predicted molar refractivity (Wildman–Crippen MR) is 61.5 cm³/mol. The molecular formula is C12H16N2O2. The van der Waals surface area contributed by atoms with Crippen LogP contribution < -0.4 is 5.43 Å². The lowest BCUT2D eigenvalue weighted by atomic mass is 9.91. The number of H-pyrrole nitrogens is 1. The number of aryl methyl sites for hydroxylation is 1. The molecule has 4 nitrogen and oxygen atoms in total. The van der Waals surface area contributed by atoms with Crippen LogP contribution in [0.3, 0.4) is 0 Å². The van der Waals surface area contributed by atoms with E-state index in [1.807, 2.05) is 0 Å². The van der Waals surface area contributed by atoms with Gasteiger partial charge in [0.2, 0.25) is 0 Å². The molecular weight excluding hydrogens is 204 g/mol. The Morgan fingerprint density at radius 1 is 1.50 bits per heavy atom. The van der Waals surface area contributed by atoms with Gasteiger partial charge in [0.25, 0.3) is 5.91 Å². The summed E-state index contributed by atoms with van der Waals surface area (Å²) in [5.74, 6) is -0.175. The maximum absolute atomic E-state index is 12.0. The number of carbonyl (C=O) groups excluding carboxylic acids is 1. The normalized spacial score (nSPS) is 15.6. The smallest absolute Gasteiger partial charge is 0.259 e. The minimum Gasteiger partial charge on any atom is -0.364 e. The second-order valence-corrected chi connectivity index (χ2v) is 4.39. The van der Waals surface area contributed by atoms with Gasteiger partial charge in [-0.1, -0.05) is 0 Å². The average Bonchev–Trinajstić information content (AvgIpc) is 2.14. The molecule has 1 aromatic rings. The van der Waals surface area contributed by atoms with Crippen molar-refractivity contribution in [2.24, 2.45) is 0 Å². The van der Waals surface area contributed by atoms with E-state index in [0.717, 1.165) is 18.5 Å². The van der Waals surface area contributed by atoms with Gasteiger partial charge in [-0.25, -0.2) is 0 Å². The first-order chi connectivity index (χ1) is 7.59. The number of pyridine rings is 1. The van der Waals surface area contributed by atoms with Crippen molar-refractivity contribution >= 4 is 5.91 Å². The number of aromatic nitrogens is 1. The highest BCUT2D eigenvalue weighted by Gasteiger charge is 2.27. The van der Waals surface area contributed by atoms with E-state index in [-0.39, 0.29) is 16.9 Å². The zero-order chi connectivity index (χ0) is 11.7. The molecule has 1 saturated carbocycles. The van der Waals surface area contributed by atoms with Gasteiger partial charge in [-0.2, -0.15) is 0 Å². The summed E-state index contributed by atoms with van der Waals surface area (Å²) in [5, 5.41) is 0. The van der Waals surface area contributed by atoms with E-state index in [1.54, 1.807) is 18.9 Å². The Balaban J connectivity index is 2.23. The minimum atomic E-state index is -0.201. The summed E-state index contributed by atoms with van der Waals surface area (Å²) in [5.41, 5.74) is 0.806. The number of carbonyl (C=O) groups is 1. The highest BCUT2D eigenvalue weighted by Crippen LogP contribution is 2.24. The van der Waals surface area contributed by atoms with Gasteiger partial charge in [-0.3, -0.25) is 9.59 Å². The van der Waals surface area contributed by atoms with E-state index in [9.17, 15) is 9.59 Å². The third-order valence-corrected chi connectivity index (χ3v) is 3.23. The molecule has 4 heteroatoms. The molecule has 1 aliphatic rings. The van der Waals surface area contributed by atoms with E-state index in [0.29, 0.717) is 6.04 Å². The Hall–Kier alpha value is -1.58. The zero-order valence-electron chi connectivity index (χ0n) is 9.62. The van der Waals surface area contributed by atoms with Gasteiger partial charge in [-0.05, 0) is 26.2 Å². The molecule has 0 saturated heterocycles. The number of hydrogen-bond acceptors (Lipinski definition) is 2. The number of nitrogens with one attached hydrogen (secondary N) is 1. The second-order valence-electron chi connectivity index (χ2n) is 4.39. The van der Waals surface area contributed by atoms with Crippen molar-refractivity contribution in [2.45, 2.75) is 32.2 Å². The van der Waals surface area contributed by atoms with Crippen molar-refractivity contribution < 1.29 is 4.79 Å². The molecule has 0 radical (unpaired) electrons. The molecule has 86 valence electrons. The molecule has 0 atom stereocenters. The van der Waals surface area contributed by atoms with E-state index >= 15 is 0 Å². The first-order valence-corrected chi connectivity index (χ1v) is 5.56. The first kappa shape index (κ1) is 10.9. The number of nitrogens with zero attached hydrogens (tertiary/aromatic N) is 1. The maximum atomic E-state index is 12.0. The monoisotopic (exact) mass is 220 g/mol. The van der Waals surface area contributed by atoms with Gasteiger partial charge in [-0.15, -0.1) is 0 Å². The Labute approximate surface area is 94.3 Å². The van der Waals surface area contributed by atoms with Gasteiger partial charge in [0, 0.05) is 31.0 Å². The SMILES string of the molecule is Cc1cc(=O)c(C(=O)N(C)C2CCC2)c[nH]1. The molecule has 16 heavy (non-hydrogen) atoms. The Kier molecular flexibility index (Phi) is 2.81. The molecule has 0 aliphatic heterocycles. The molecule has 1 N–H and O–H groups in total. The predicted octanol–water partition coefficient (Wildman–Crippen LogP) is 1.31. The third kappa shape index (κ3) is 1.87. The summed E-state index contributed by atoms with van der Waals surface area (Å²) >= 11 is 0. The molecule has 0 aromatic carbocycles. The van der Waals surface area contributed by atoms with Crippen LogP contribution in [-0.4, -0.2) is 28.9 Å². The van der Waals surface area contributed by atoms with Crippen LogP contribution in [-0.2, 0) is 0 Å². The Morgan fingerprint density at radius 3 is 2.69 bits per heavy atom. The summed E-state index contributed by atoms with van der Waals surface area (Å²) in [7, 11) is 1.77. The number of rotatable bonds is 2. The van der Waals surface area contributed by atoms with Crippen LogP contribution in [0.4, 0.5) is 0 Å². The quantitative estimate of drug-likeness (QED) is 0.817. The van der Waals surface area contributed by atoms with Crippen molar-refractivity contribution in [2.75, 3.05) is 7.05 Å². The van der Waals surface area contributed by atoms with Crippen LogP contribution in [0, 0.1) is 6.92 Å². The molecule has 0 spiro atoms. The van der Waals surface area contributed by atoms with E-state index in [4.69, 9.17) is 0 Å². The lowest BCUT2D eigenvalue weighted by Crippen LogP contribution is -2.42. The summed E-state index contributed by atoms with van der Waals surface area (Å²) in [6.07, 6.45) is 4.78. The van der Waals surface area contributed by atoms with Gasteiger partial charge < -0.3 is 9.88 Å². The molecule has 0 unspecified atom stereocenters. The number of amides is 1. The van der Waals surface area contributed by atoms with Gasteiger partial charge in [0.05, 0.1) is 0 Å². The number of hydrogen-bond donors (Lipinski definition) is 1. The van der Waals surface area contributed by atoms with Crippen molar-refractivity contribution in [1.82, 2.24) is 9.88 Å². The Morgan fingerprint density at radius 2 is 2.19 bits per heavy atom. The maximum Gasteiger partial charge on any atom is 0.259 e.